The van der Waals surface area contributed by atoms with Crippen LogP contribution in [0.4, 0.5) is 17.6 Å². The molecular weight excluding hydrogens is 378 g/mol. The van der Waals surface area contributed by atoms with E-state index in [9.17, 15) is 27.5 Å². The van der Waals surface area contributed by atoms with Gasteiger partial charge >= 0.3 is 6.43 Å². The summed E-state index contributed by atoms with van der Waals surface area (Å²) in [6, 6.07) is 8.07. The van der Waals surface area contributed by atoms with Gasteiger partial charge in [0.25, 0.3) is 5.91 Å². The first-order valence-electron chi connectivity index (χ1n) is 8.67. The van der Waals surface area contributed by atoms with Crippen molar-refractivity contribution in [3.05, 3.63) is 53.9 Å². The van der Waals surface area contributed by atoms with E-state index in [1.165, 1.54) is 18.3 Å². The van der Waals surface area contributed by atoms with Crippen molar-refractivity contribution in [2.24, 2.45) is 0 Å². The Labute approximate surface area is 158 Å². The van der Waals surface area contributed by atoms with Gasteiger partial charge in [0, 0.05) is 24.7 Å². The molecular formula is C19H19F4N3O2. The quantitative estimate of drug-likeness (QED) is 0.496. The fourth-order valence-electron chi connectivity index (χ4n) is 2.91. The van der Waals surface area contributed by atoms with Crippen LogP contribution in [-0.4, -0.2) is 41.7 Å². The van der Waals surface area contributed by atoms with Crippen LogP contribution in [0, 0.1) is 0 Å². The molecule has 2 unspecified atom stereocenters. The number of hydrogen-bond acceptors (Lipinski definition) is 4. The first-order chi connectivity index (χ1) is 13.3. The van der Waals surface area contributed by atoms with Crippen LogP contribution in [0.15, 0.2) is 42.6 Å². The standard InChI is InChI=1S/C19H19F4N3O2/c20-9-14(26-18(28)17(21)22)16(27)12-3-1-11(2-4-12)13-5-6-15(24-10-13)19(23)7-8-25-19/h1-6,10,14,16-17,25,27H,7-9H2,(H,26,28)/t14?,16-,19?/m1/s1. The molecule has 0 bridgehead atoms. The number of carbonyl (C=O) groups is 1. The summed E-state index contributed by atoms with van der Waals surface area (Å²) in [7, 11) is 0. The highest BCUT2D eigenvalue weighted by Crippen LogP contribution is 2.32. The molecule has 0 spiro atoms. The maximum Gasteiger partial charge on any atom is 0.315 e. The average molecular weight is 397 g/mol. The van der Waals surface area contributed by atoms with Crippen LogP contribution in [0.5, 0.6) is 0 Å². The molecule has 0 saturated carbocycles. The van der Waals surface area contributed by atoms with E-state index >= 15 is 0 Å². The molecule has 0 radical (unpaired) electrons. The summed E-state index contributed by atoms with van der Waals surface area (Å²) >= 11 is 0. The van der Waals surface area contributed by atoms with Crippen LogP contribution < -0.4 is 10.6 Å². The van der Waals surface area contributed by atoms with Gasteiger partial charge in [-0.25, -0.2) is 8.78 Å². The predicted octanol–water partition coefficient (Wildman–Crippen LogP) is 2.62. The maximum absolute atomic E-state index is 14.3. The Morgan fingerprint density at radius 1 is 1.21 bits per heavy atom. The predicted molar refractivity (Wildman–Crippen MR) is 93.9 cm³/mol. The van der Waals surface area contributed by atoms with E-state index in [0.717, 1.165) is 5.56 Å². The molecule has 2 aromatic rings. The van der Waals surface area contributed by atoms with Crippen LogP contribution in [0.2, 0.25) is 0 Å². The molecule has 0 aliphatic carbocycles. The van der Waals surface area contributed by atoms with Gasteiger partial charge in [0.2, 0.25) is 5.79 Å². The first kappa shape index (κ1) is 20.2. The monoisotopic (exact) mass is 397 g/mol. The largest absolute Gasteiger partial charge is 0.386 e. The molecule has 3 rings (SSSR count). The number of pyridine rings is 1. The highest BCUT2D eigenvalue weighted by atomic mass is 19.3. The zero-order valence-corrected chi connectivity index (χ0v) is 14.7. The summed E-state index contributed by atoms with van der Waals surface area (Å²) in [5, 5.41) is 14.6. The van der Waals surface area contributed by atoms with Crippen LogP contribution in [0.25, 0.3) is 11.1 Å². The lowest BCUT2D eigenvalue weighted by Gasteiger charge is -2.34. The zero-order chi connectivity index (χ0) is 20.3. The van der Waals surface area contributed by atoms with Gasteiger partial charge in [-0.3, -0.25) is 15.1 Å². The fourth-order valence-corrected chi connectivity index (χ4v) is 2.91. The van der Waals surface area contributed by atoms with Gasteiger partial charge in [0.1, 0.15) is 12.8 Å². The van der Waals surface area contributed by atoms with Crippen LogP contribution in [0.3, 0.4) is 0 Å². The van der Waals surface area contributed by atoms with Gasteiger partial charge in [-0.15, -0.1) is 0 Å². The Kier molecular flexibility index (Phi) is 5.95. The molecule has 1 fully saturated rings. The lowest BCUT2D eigenvalue weighted by atomic mass is 9.97. The third kappa shape index (κ3) is 4.15. The molecule has 1 aliphatic heterocycles. The Bertz CT molecular complexity index is 811. The lowest BCUT2D eigenvalue weighted by molar-refractivity contribution is -0.133. The highest BCUT2D eigenvalue weighted by molar-refractivity contribution is 5.79. The molecule has 1 amide bonds. The maximum atomic E-state index is 14.3. The molecule has 3 atom stereocenters. The van der Waals surface area contributed by atoms with Crippen molar-refractivity contribution in [3.8, 4) is 11.1 Å². The van der Waals surface area contributed by atoms with E-state index in [1.54, 1.807) is 29.6 Å². The number of hydrogen-bond donors (Lipinski definition) is 3. The minimum absolute atomic E-state index is 0.256. The number of alkyl halides is 4. The Morgan fingerprint density at radius 2 is 1.86 bits per heavy atom. The minimum Gasteiger partial charge on any atom is -0.386 e. The van der Waals surface area contributed by atoms with E-state index in [-0.39, 0.29) is 5.56 Å². The van der Waals surface area contributed by atoms with Crippen LogP contribution in [0.1, 0.15) is 23.8 Å². The first-order valence-corrected chi connectivity index (χ1v) is 8.67. The van der Waals surface area contributed by atoms with Gasteiger partial charge in [0.05, 0.1) is 11.7 Å². The number of halogens is 4. The third-order valence-corrected chi connectivity index (χ3v) is 4.70. The summed E-state index contributed by atoms with van der Waals surface area (Å²) < 4.78 is 51.9. The fraction of sp³-hybridized carbons (Fsp3) is 0.368. The SMILES string of the molecule is O=C(NC(CF)[C@H](O)c1ccc(-c2ccc(C3(F)CCN3)nc2)cc1)C(F)F. The molecule has 1 aromatic heterocycles. The number of aliphatic hydroxyl groups excluding tert-OH is 1. The molecule has 1 saturated heterocycles. The Hall–Kier alpha value is -2.52. The van der Waals surface area contributed by atoms with E-state index in [0.29, 0.717) is 24.2 Å². The molecule has 1 aliphatic rings. The summed E-state index contributed by atoms with van der Waals surface area (Å²) in [5.74, 6) is -3.23. The topological polar surface area (TPSA) is 74.2 Å². The highest BCUT2D eigenvalue weighted by Gasteiger charge is 2.39. The number of benzene rings is 1. The van der Waals surface area contributed by atoms with E-state index in [1.807, 2.05) is 0 Å². The lowest BCUT2D eigenvalue weighted by Crippen LogP contribution is -2.51. The average Bonchev–Trinajstić information content (AvgIpc) is 2.69. The smallest absolute Gasteiger partial charge is 0.315 e. The normalized spacial score (nSPS) is 21.1. The van der Waals surface area contributed by atoms with Crippen molar-refractivity contribution in [1.29, 1.82) is 0 Å². The van der Waals surface area contributed by atoms with Crippen molar-refractivity contribution in [1.82, 2.24) is 15.6 Å². The number of carbonyl (C=O) groups excluding carboxylic acids is 1. The minimum atomic E-state index is -3.29. The van der Waals surface area contributed by atoms with Crippen molar-refractivity contribution >= 4 is 5.91 Å². The van der Waals surface area contributed by atoms with Gasteiger partial charge < -0.3 is 10.4 Å². The molecule has 3 N–H and O–H groups in total. The molecule has 2 heterocycles. The molecule has 28 heavy (non-hydrogen) atoms. The summed E-state index contributed by atoms with van der Waals surface area (Å²) in [4.78, 5) is 15.2. The van der Waals surface area contributed by atoms with Gasteiger partial charge in [-0.05, 0) is 17.2 Å². The van der Waals surface area contributed by atoms with Crippen LogP contribution in [-0.2, 0) is 10.6 Å². The van der Waals surface area contributed by atoms with Crippen molar-refractivity contribution < 1.29 is 27.5 Å². The Morgan fingerprint density at radius 3 is 2.32 bits per heavy atom. The number of aliphatic hydroxyl groups is 1. The molecule has 9 heteroatoms. The van der Waals surface area contributed by atoms with E-state index in [4.69, 9.17) is 0 Å². The summed E-state index contributed by atoms with van der Waals surface area (Å²) in [5.41, 5.74) is 1.99. The second-order valence-electron chi connectivity index (χ2n) is 6.55. The van der Waals surface area contributed by atoms with Gasteiger partial charge in [-0.1, -0.05) is 30.3 Å². The number of amides is 1. The number of nitrogens with zero attached hydrogens (tertiary/aromatic N) is 1. The van der Waals surface area contributed by atoms with Gasteiger partial charge in [-0.2, -0.15) is 8.78 Å². The van der Waals surface area contributed by atoms with Crippen molar-refractivity contribution in [2.75, 3.05) is 13.2 Å². The number of rotatable bonds is 7. The molecule has 1 aromatic carbocycles. The zero-order valence-electron chi connectivity index (χ0n) is 14.7. The molecule has 150 valence electrons. The number of nitrogens with one attached hydrogen (secondary N) is 2. The summed E-state index contributed by atoms with van der Waals surface area (Å²) in [6.45, 7) is -0.604. The second-order valence-corrected chi connectivity index (χ2v) is 6.55. The van der Waals surface area contributed by atoms with Crippen molar-refractivity contribution in [2.45, 2.75) is 30.8 Å². The van der Waals surface area contributed by atoms with Crippen LogP contribution >= 0.6 is 0 Å². The van der Waals surface area contributed by atoms with E-state index in [2.05, 4.69) is 10.3 Å². The second kappa shape index (κ2) is 8.24. The molecule has 5 nitrogen and oxygen atoms in total. The number of aromatic nitrogens is 1. The third-order valence-electron chi connectivity index (χ3n) is 4.70. The van der Waals surface area contributed by atoms with Gasteiger partial charge in [0.15, 0.2) is 0 Å². The van der Waals surface area contributed by atoms with Crippen molar-refractivity contribution in [3.63, 3.8) is 0 Å². The Balaban J connectivity index is 1.71. The van der Waals surface area contributed by atoms with E-state index < -0.39 is 36.9 Å². The summed E-state index contributed by atoms with van der Waals surface area (Å²) in [6.07, 6.45) is -2.89.